The zero-order chi connectivity index (χ0) is 21.3. The number of esters is 1. The lowest BCUT2D eigenvalue weighted by Gasteiger charge is -2.20. The van der Waals surface area contributed by atoms with Crippen molar-refractivity contribution in [3.8, 4) is 11.5 Å². The average Bonchev–Trinajstić information content (AvgIpc) is 2.64. The zero-order valence-electron chi connectivity index (χ0n) is 16.1. The van der Waals surface area contributed by atoms with Gasteiger partial charge in [-0.1, -0.05) is 12.1 Å². The quantitative estimate of drug-likeness (QED) is 0.499. The summed E-state index contributed by atoms with van der Waals surface area (Å²) in [6.07, 6.45) is 0. The van der Waals surface area contributed by atoms with Crippen molar-refractivity contribution < 1.29 is 19.7 Å². The molecule has 8 nitrogen and oxygen atoms in total. The molecule has 0 amide bonds. The van der Waals surface area contributed by atoms with Crippen molar-refractivity contribution in [3.05, 3.63) is 90.7 Å². The smallest absolute Gasteiger partial charge is 0.337 e. The molecule has 0 aliphatic heterocycles. The number of carbonyl (C=O) groups is 1. The first kappa shape index (κ1) is 19.9. The fraction of sp³-hybridized carbons (Fsp3) is 0.190. The summed E-state index contributed by atoms with van der Waals surface area (Å²) in [5.74, 6) is -2.24. The summed E-state index contributed by atoms with van der Waals surface area (Å²) >= 11 is 0. The minimum absolute atomic E-state index is 0.0916. The second-order valence-electron chi connectivity index (χ2n) is 6.71. The van der Waals surface area contributed by atoms with E-state index >= 15 is 0 Å². The Balaban J connectivity index is 2.31. The predicted molar refractivity (Wildman–Crippen MR) is 106 cm³/mol. The average molecular weight is 396 g/mol. The van der Waals surface area contributed by atoms with Gasteiger partial charge in [0.1, 0.15) is 11.5 Å². The first-order chi connectivity index (χ1) is 13.7. The van der Waals surface area contributed by atoms with E-state index in [0.717, 1.165) is 0 Å². The first-order valence-electron chi connectivity index (χ1n) is 8.76. The fourth-order valence-electron chi connectivity index (χ4n) is 3.33. The number of ether oxygens (including phenoxy) is 1. The summed E-state index contributed by atoms with van der Waals surface area (Å²) in [5, 5.41) is 21.0. The van der Waals surface area contributed by atoms with Gasteiger partial charge in [0.15, 0.2) is 0 Å². The van der Waals surface area contributed by atoms with Crippen LogP contribution in [-0.2, 0) is 4.74 Å². The Morgan fingerprint density at radius 1 is 0.897 bits per heavy atom. The number of pyridine rings is 2. The molecule has 0 aliphatic rings. The molecule has 0 aliphatic carbocycles. The van der Waals surface area contributed by atoms with Crippen molar-refractivity contribution in [2.24, 2.45) is 0 Å². The van der Waals surface area contributed by atoms with Crippen LogP contribution < -0.4 is 11.1 Å². The van der Waals surface area contributed by atoms with Gasteiger partial charge in [-0.15, -0.1) is 0 Å². The van der Waals surface area contributed by atoms with Crippen molar-refractivity contribution >= 4 is 5.97 Å². The number of hydrogen-bond acceptors (Lipinski definition) is 6. The lowest BCUT2D eigenvalue weighted by Crippen LogP contribution is -2.25. The molecular formula is C21H20N2O6. The maximum absolute atomic E-state index is 12.7. The number of carbonyl (C=O) groups excluding carboxylic acids is 1. The largest absolute Gasteiger partial charge is 0.507 e. The number of rotatable bonds is 4. The predicted octanol–water partition coefficient (Wildman–Crippen LogP) is 2.06. The molecule has 8 heteroatoms. The van der Waals surface area contributed by atoms with Gasteiger partial charge >= 0.3 is 5.97 Å². The maximum Gasteiger partial charge on any atom is 0.337 e. The van der Waals surface area contributed by atoms with Crippen LogP contribution in [0.1, 0.15) is 44.4 Å². The lowest BCUT2D eigenvalue weighted by molar-refractivity contribution is 0.0600. The second kappa shape index (κ2) is 7.67. The molecule has 0 saturated heterocycles. The Morgan fingerprint density at radius 3 is 1.72 bits per heavy atom. The number of benzene rings is 1. The molecule has 0 spiro atoms. The van der Waals surface area contributed by atoms with Gasteiger partial charge in [0, 0.05) is 11.4 Å². The molecule has 2 heterocycles. The fourth-order valence-corrected chi connectivity index (χ4v) is 3.33. The Labute approximate surface area is 165 Å². The maximum atomic E-state index is 12.7. The first-order valence-corrected chi connectivity index (χ1v) is 8.76. The van der Waals surface area contributed by atoms with Crippen LogP contribution in [0.5, 0.6) is 11.5 Å². The molecule has 3 rings (SSSR count). The van der Waals surface area contributed by atoms with Crippen molar-refractivity contribution in [2.75, 3.05) is 7.11 Å². The topological polar surface area (TPSA) is 132 Å². The zero-order valence-corrected chi connectivity index (χ0v) is 16.1. The molecule has 1 aromatic carbocycles. The molecule has 0 atom stereocenters. The Morgan fingerprint density at radius 2 is 1.34 bits per heavy atom. The highest BCUT2D eigenvalue weighted by atomic mass is 16.5. The summed E-state index contributed by atoms with van der Waals surface area (Å²) < 4.78 is 4.68. The molecule has 0 radical (unpaired) electrons. The number of nitrogens with one attached hydrogen (secondary N) is 2. The monoisotopic (exact) mass is 396 g/mol. The highest BCUT2D eigenvalue weighted by Gasteiger charge is 2.29. The summed E-state index contributed by atoms with van der Waals surface area (Å²) in [5.41, 5.74) is 0.215. The molecule has 2 aromatic heterocycles. The molecular weight excluding hydrogens is 376 g/mol. The van der Waals surface area contributed by atoms with E-state index < -0.39 is 23.0 Å². The number of aryl methyl sites for hydroxylation is 2. The lowest BCUT2D eigenvalue weighted by atomic mass is 9.84. The molecule has 0 unspecified atom stereocenters. The molecule has 3 aromatic rings. The summed E-state index contributed by atoms with van der Waals surface area (Å²) in [6.45, 7) is 3.22. The van der Waals surface area contributed by atoms with E-state index in [1.54, 1.807) is 13.8 Å². The molecule has 150 valence electrons. The highest BCUT2D eigenvalue weighted by Crippen LogP contribution is 2.37. The molecule has 4 N–H and O–H groups in total. The van der Waals surface area contributed by atoms with Crippen LogP contribution in [0, 0.1) is 13.8 Å². The van der Waals surface area contributed by atoms with Gasteiger partial charge in [-0.05, 0) is 43.7 Å². The van der Waals surface area contributed by atoms with Crippen LogP contribution in [0.15, 0.2) is 46.0 Å². The van der Waals surface area contributed by atoms with E-state index in [-0.39, 0.29) is 28.2 Å². The normalized spacial score (nSPS) is 10.9. The van der Waals surface area contributed by atoms with Crippen LogP contribution >= 0.6 is 0 Å². The summed E-state index contributed by atoms with van der Waals surface area (Å²) in [7, 11) is 1.26. The number of aromatic amines is 2. The summed E-state index contributed by atoms with van der Waals surface area (Å²) in [4.78, 5) is 42.3. The number of methoxy groups -OCH3 is 1. The Bertz CT molecular complexity index is 1130. The van der Waals surface area contributed by atoms with Crippen LogP contribution in [0.2, 0.25) is 0 Å². The minimum Gasteiger partial charge on any atom is -0.507 e. The van der Waals surface area contributed by atoms with Gasteiger partial charge in [-0.25, -0.2) is 4.79 Å². The number of aromatic hydroxyl groups is 2. The van der Waals surface area contributed by atoms with Crippen molar-refractivity contribution in [3.63, 3.8) is 0 Å². The molecule has 0 fully saturated rings. The minimum atomic E-state index is -1.07. The number of aromatic nitrogens is 2. The van der Waals surface area contributed by atoms with E-state index in [2.05, 4.69) is 14.7 Å². The number of H-pyrrole nitrogens is 2. The molecule has 29 heavy (non-hydrogen) atoms. The van der Waals surface area contributed by atoms with E-state index in [4.69, 9.17) is 0 Å². The van der Waals surface area contributed by atoms with Gasteiger partial charge in [0.25, 0.3) is 11.1 Å². The summed E-state index contributed by atoms with van der Waals surface area (Å²) in [6, 6.07) is 8.76. The third-order valence-electron chi connectivity index (χ3n) is 4.61. The second-order valence-corrected chi connectivity index (χ2v) is 6.71. The molecule has 0 saturated carbocycles. The van der Waals surface area contributed by atoms with Gasteiger partial charge in [0.05, 0.1) is 29.7 Å². The van der Waals surface area contributed by atoms with E-state index in [0.29, 0.717) is 17.0 Å². The van der Waals surface area contributed by atoms with Crippen LogP contribution in [-0.4, -0.2) is 33.3 Å². The van der Waals surface area contributed by atoms with Gasteiger partial charge in [-0.2, -0.15) is 0 Å². The third kappa shape index (κ3) is 3.77. The van der Waals surface area contributed by atoms with Gasteiger partial charge < -0.3 is 24.9 Å². The third-order valence-corrected chi connectivity index (χ3v) is 4.61. The number of hydrogen-bond donors (Lipinski definition) is 4. The Kier molecular flexibility index (Phi) is 5.27. The van der Waals surface area contributed by atoms with Crippen molar-refractivity contribution in [1.82, 2.24) is 9.97 Å². The van der Waals surface area contributed by atoms with E-state index in [9.17, 15) is 24.6 Å². The molecule has 0 bridgehead atoms. The van der Waals surface area contributed by atoms with Crippen molar-refractivity contribution in [1.29, 1.82) is 0 Å². The van der Waals surface area contributed by atoms with Crippen molar-refractivity contribution in [2.45, 2.75) is 19.8 Å². The standard InChI is InChI=1S/C21H20N2O6/c1-10-8-14(24)17(19(26)22-10)16(18-15(25)9-11(2)23-20(18)27)12-4-6-13(7-5-12)21(28)29-3/h4-9,16H,1-3H3,(H2,22,24,26)(H2,23,25,27). The van der Waals surface area contributed by atoms with Gasteiger partial charge in [-0.3, -0.25) is 9.59 Å². The van der Waals surface area contributed by atoms with Crippen LogP contribution in [0.4, 0.5) is 0 Å². The van der Waals surface area contributed by atoms with E-state index in [1.165, 1.54) is 43.5 Å². The SMILES string of the molecule is COC(=O)c1ccc(C(c2c(O)cc(C)[nH]c2=O)c2c(O)cc(C)[nH]c2=O)cc1. The highest BCUT2D eigenvalue weighted by molar-refractivity contribution is 5.89. The van der Waals surface area contributed by atoms with Crippen LogP contribution in [0.3, 0.4) is 0 Å². The van der Waals surface area contributed by atoms with E-state index in [1.807, 2.05) is 0 Å². The van der Waals surface area contributed by atoms with Crippen LogP contribution in [0.25, 0.3) is 0 Å². The Hall–Kier alpha value is -3.81. The van der Waals surface area contributed by atoms with Gasteiger partial charge in [0.2, 0.25) is 0 Å².